The van der Waals surface area contributed by atoms with Gasteiger partial charge in [0.15, 0.2) is 5.96 Å². The zero-order valence-corrected chi connectivity index (χ0v) is 14.5. The second kappa shape index (κ2) is 9.12. The Kier molecular flexibility index (Phi) is 6.89. The molecule has 0 fully saturated rings. The smallest absolute Gasteiger partial charge is 0.416 e. The molecule has 2 aromatic rings. The van der Waals surface area contributed by atoms with E-state index in [1.807, 2.05) is 12.1 Å². The average molecular weight is 365 g/mol. The standard InChI is InChI=1S/C19H22F3N3O/c1-23-18(24-12-2-3-14-6-10-17(26)11-7-14)25-13-15-4-8-16(9-5-15)19(20,21)22/h4-11,26H,2-3,12-13H2,1H3,(H2,23,24,25). The van der Waals surface area contributed by atoms with Crippen molar-refractivity contribution >= 4 is 5.96 Å². The van der Waals surface area contributed by atoms with Crippen LogP contribution in [0, 0.1) is 0 Å². The van der Waals surface area contributed by atoms with Crippen molar-refractivity contribution in [2.45, 2.75) is 25.6 Å². The molecule has 0 aliphatic carbocycles. The largest absolute Gasteiger partial charge is 0.508 e. The van der Waals surface area contributed by atoms with Crippen LogP contribution in [0.15, 0.2) is 53.5 Å². The molecule has 0 aliphatic rings. The molecule has 0 atom stereocenters. The molecule has 0 saturated heterocycles. The fourth-order valence-electron chi connectivity index (χ4n) is 2.38. The number of aliphatic imine (C=N–C) groups is 1. The average Bonchev–Trinajstić information content (AvgIpc) is 2.62. The van der Waals surface area contributed by atoms with Crippen molar-refractivity contribution in [3.63, 3.8) is 0 Å². The molecule has 140 valence electrons. The summed E-state index contributed by atoms with van der Waals surface area (Å²) in [5.74, 6) is 0.843. The monoisotopic (exact) mass is 365 g/mol. The predicted molar refractivity (Wildman–Crippen MR) is 96.1 cm³/mol. The number of nitrogens with zero attached hydrogens (tertiary/aromatic N) is 1. The molecule has 3 N–H and O–H groups in total. The molecular formula is C19H22F3N3O. The van der Waals surface area contributed by atoms with Crippen molar-refractivity contribution in [3.8, 4) is 5.75 Å². The van der Waals surface area contributed by atoms with Gasteiger partial charge in [-0.2, -0.15) is 13.2 Å². The molecule has 0 bridgehead atoms. The Morgan fingerprint density at radius 1 is 0.962 bits per heavy atom. The zero-order valence-electron chi connectivity index (χ0n) is 14.5. The number of halogens is 3. The first-order valence-corrected chi connectivity index (χ1v) is 8.27. The minimum Gasteiger partial charge on any atom is -0.508 e. The Bertz CT molecular complexity index is 710. The van der Waals surface area contributed by atoms with E-state index in [0.29, 0.717) is 19.0 Å². The highest BCUT2D eigenvalue weighted by Gasteiger charge is 2.29. The molecule has 0 aliphatic heterocycles. The highest BCUT2D eigenvalue weighted by atomic mass is 19.4. The lowest BCUT2D eigenvalue weighted by Gasteiger charge is -2.13. The number of hydrogen-bond acceptors (Lipinski definition) is 2. The van der Waals surface area contributed by atoms with Gasteiger partial charge in [-0.25, -0.2) is 0 Å². The summed E-state index contributed by atoms with van der Waals surface area (Å²) < 4.78 is 37.6. The summed E-state index contributed by atoms with van der Waals surface area (Å²) in [7, 11) is 1.64. The number of phenolic OH excluding ortho intramolecular Hbond substituents is 1. The third kappa shape index (κ3) is 6.31. The molecule has 0 aromatic heterocycles. The molecule has 0 unspecified atom stereocenters. The molecule has 4 nitrogen and oxygen atoms in total. The maximum absolute atomic E-state index is 12.5. The summed E-state index contributed by atoms with van der Waals surface area (Å²) in [6, 6.07) is 12.1. The minimum atomic E-state index is -4.32. The number of alkyl halides is 3. The Labute approximate surface area is 150 Å². The minimum absolute atomic E-state index is 0.250. The molecule has 0 amide bonds. The van der Waals surface area contributed by atoms with Gasteiger partial charge < -0.3 is 15.7 Å². The second-order valence-electron chi connectivity index (χ2n) is 5.82. The van der Waals surface area contributed by atoms with Crippen LogP contribution in [0.3, 0.4) is 0 Å². The quantitative estimate of drug-likeness (QED) is 0.416. The van der Waals surface area contributed by atoms with Gasteiger partial charge in [0.1, 0.15) is 5.75 Å². The number of rotatable bonds is 6. The Morgan fingerprint density at radius 2 is 1.58 bits per heavy atom. The van der Waals surface area contributed by atoms with Crippen LogP contribution in [0.4, 0.5) is 13.2 Å². The Balaban J connectivity index is 1.73. The lowest BCUT2D eigenvalue weighted by molar-refractivity contribution is -0.137. The van der Waals surface area contributed by atoms with Gasteiger partial charge in [-0.3, -0.25) is 4.99 Å². The van der Waals surface area contributed by atoms with Crippen LogP contribution in [-0.4, -0.2) is 24.7 Å². The van der Waals surface area contributed by atoms with Crippen molar-refractivity contribution in [2.75, 3.05) is 13.6 Å². The summed E-state index contributed by atoms with van der Waals surface area (Å²) in [4.78, 5) is 4.10. The van der Waals surface area contributed by atoms with Gasteiger partial charge in [0.2, 0.25) is 0 Å². The van der Waals surface area contributed by atoms with Gasteiger partial charge in [-0.15, -0.1) is 0 Å². The normalized spacial score (nSPS) is 12.1. The van der Waals surface area contributed by atoms with Crippen LogP contribution in [0.5, 0.6) is 5.75 Å². The van der Waals surface area contributed by atoms with E-state index in [-0.39, 0.29) is 5.75 Å². The Hall–Kier alpha value is -2.70. The van der Waals surface area contributed by atoms with E-state index < -0.39 is 11.7 Å². The van der Waals surface area contributed by atoms with Crippen LogP contribution < -0.4 is 10.6 Å². The third-order valence-electron chi connectivity index (χ3n) is 3.84. The number of aryl methyl sites for hydroxylation is 1. The SMILES string of the molecule is CN=C(NCCCc1ccc(O)cc1)NCc1ccc(C(F)(F)F)cc1. The van der Waals surface area contributed by atoms with Crippen molar-refractivity contribution in [3.05, 3.63) is 65.2 Å². The first kappa shape index (κ1) is 19.6. The summed E-state index contributed by atoms with van der Waals surface area (Å²) in [6.45, 7) is 1.09. The van der Waals surface area contributed by atoms with Crippen LogP contribution >= 0.6 is 0 Å². The number of guanidine groups is 1. The van der Waals surface area contributed by atoms with E-state index in [2.05, 4.69) is 15.6 Å². The highest BCUT2D eigenvalue weighted by molar-refractivity contribution is 5.79. The van der Waals surface area contributed by atoms with Crippen molar-refractivity contribution < 1.29 is 18.3 Å². The fraction of sp³-hybridized carbons (Fsp3) is 0.316. The summed E-state index contributed by atoms with van der Waals surface area (Å²) in [6.07, 6.45) is -2.57. The predicted octanol–water partition coefficient (Wildman–Crippen LogP) is 3.71. The van der Waals surface area contributed by atoms with Crippen LogP contribution in [0.25, 0.3) is 0 Å². The summed E-state index contributed by atoms with van der Waals surface area (Å²) >= 11 is 0. The molecule has 7 heteroatoms. The zero-order chi connectivity index (χ0) is 19.0. The van der Waals surface area contributed by atoms with E-state index in [1.54, 1.807) is 19.2 Å². The molecule has 0 saturated carbocycles. The second-order valence-corrected chi connectivity index (χ2v) is 5.82. The van der Waals surface area contributed by atoms with Gasteiger partial charge in [0.25, 0.3) is 0 Å². The maximum Gasteiger partial charge on any atom is 0.416 e. The number of hydrogen-bond donors (Lipinski definition) is 3. The molecule has 2 aromatic carbocycles. The van der Waals surface area contributed by atoms with E-state index in [9.17, 15) is 18.3 Å². The van der Waals surface area contributed by atoms with Crippen LogP contribution in [-0.2, 0) is 19.1 Å². The maximum atomic E-state index is 12.5. The summed E-state index contributed by atoms with van der Waals surface area (Å²) in [5.41, 5.74) is 1.22. The van der Waals surface area contributed by atoms with E-state index in [1.165, 1.54) is 12.1 Å². The van der Waals surface area contributed by atoms with E-state index in [4.69, 9.17) is 0 Å². The van der Waals surface area contributed by atoms with Crippen LogP contribution in [0.2, 0.25) is 0 Å². The van der Waals surface area contributed by atoms with Gasteiger partial charge in [-0.05, 0) is 48.2 Å². The molecule has 26 heavy (non-hydrogen) atoms. The first-order valence-electron chi connectivity index (χ1n) is 8.27. The summed E-state index contributed by atoms with van der Waals surface area (Å²) in [5, 5.41) is 15.5. The number of aromatic hydroxyl groups is 1. The Morgan fingerprint density at radius 3 is 2.15 bits per heavy atom. The van der Waals surface area contributed by atoms with Gasteiger partial charge in [-0.1, -0.05) is 24.3 Å². The molecule has 0 heterocycles. The molecule has 0 spiro atoms. The molecular weight excluding hydrogens is 343 g/mol. The molecule has 2 rings (SSSR count). The van der Waals surface area contributed by atoms with E-state index in [0.717, 1.165) is 36.1 Å². The third-order valence-corrected chi connectivity index (χ3v) is 3.84. The lowest BCUT2D eigenvalue weighted by atomic mass is 10.1. The lowest BCUT2D eigenvalue weighted by Crippen LogP contribution is -2.37. The highest BCUT2D eigenvalue weighted by Crippen LogP contribution is 2.29. The van der Waals surface area contributed by atoms with Gasteiger partial charge in [0.05, 0.1) is 5.56 Å². The fourth-order valence-corrected chi connectivity index (χ4v) is 2.38. The van der Waals surface area contributed by atoms with Gasteiger partial charge >= 0.3 is 6.18 Å². The number of phenols is 1. The van der Waals surface area contributed by atoms with Crippen molar-refractivity contribution in [1.82, 2.24) is 10.6 Å². The van der Waals surface area contributed by atoms with Crippen molar-refractivity contribution in [2.24, 2.45) is 4.99 Å². The van der Waals surface area contributed by atoms with Crippen molar-refractivity contribution in [1.29, 1.82) is 0 Å². The van der Waals surface area contributed by atoms with Crippen LogP contribution in [0.1, 0.15) is 23.1 Å². The van der Waals surface area contributed by atoms with Gasteiger partial charge in [0, 0.05) is 20.1 Å². The first-order chi connectivity index (χ1) is 12.4. The molecule has 0 radical (unpaired) electrons. The van der Waals surface area contributed by atoms with E-state index >= 15 is 0 Å². The topological polar surface area (TPSA) is 56.7 Å². The number of nitrogens with one attached hydrogen (secondary N) is 2. The number of benzene rings is 2.